The molecule has 1 aromatic heterocycles. The zero-order valence-electron chi connectivity index (χ0n) is 9.52. The average molecular weight is 223 g/mol. The van der Waals surface area contributed by atoms with Crippen molar-refractivity contribution in [3.8, 4) is 11.3 Å². The Morgan fingerprint density at radius 2 is 1.94 bits per heavy atom. The Kier molecular flexibility index (Phi) is 2.48. The number of nitrogens with zero attached hydrogens (tertiary/aromatic N) is 1. The van der Waals surface area contributed by atoms with Crippen LogP contribution < -0.4 is 0 Å². The monoisotopic (exact) mass is 223 g/mol. The van der Waals surface area contributed by atoms with Crippen LogP contribution in [0.3, 0.4) is 0 Å². The van der Waals surface area contributed by atoms with Crippen LogP contribution in [0.5, 0.6) is 0 Å². The van der Waals surface area contributed by atoms with Gasteiger partial charge in [0.25, 0.3) is 0 Å². The van der Waals surface area contributed by atoms with E-state index >= 15 is 0 Å². The van der Waals surface area contributed by atoms with Crippen LogP contribution in [0.2, 0.25) is 0 Å². The fourth-order valence-corrected chi connectivity index (χ4v) is 2.42. The molecular weight excluding hydrogens is 210 g/mol. The Morgan fingerprint density at radius 1 is 1.00 bits per heavy atom. The quantitative estimate of drug-likeness (QED) is 0.744. The van der Waals surface area contributed by atoms with Crippen molar-refractivity contribution in [2.45, 2.75) is 19.3 Å². The van der Waals surface area contributed by atoms with Gasteiger partial charge in [0.1, 0.15) is 5.78 Å². The summed E-state index contributed by atoms with van der Waals surface area (Å²) in [4.78, 5) is 15.8. The van der Waals surface area contributed by atoms with Gasteiger partial charge in [-0.15, -0.1) is 0 Å². The fourth-order valence-electron chi connectivity index (χ4n) is 2.42. The Hall–Kier alpha value is -1.96. The summed E-state index contributed by atoms with van der Waals surface area (Å²) in [5.41, 5.74) is 4.64. The molecule has 84 valence electrons. The number of hydrogen-bond acceptors (Lipinski definition) is 2. The minimum Gasteiger partial charge on any atom is -0.299 e. The van der Waals surface area contributed by atoms with Crippen LogP contribution in [0.1, 0.15) is 17.5 Å². The highest BCUT2D eigenvalue weighted by Crippen LogP contribution is 2.29. The van der Waals surface area contributed by atoms with Crippen molar-refractivity contribution in [3.63, 3.8) is 0 Å². The van der Waals surface area contributed by atoms with E-state index in [0.29, 0.717) is 18.6 Å². The normalized spacial score (nSPS) is 14.5. The van der Waals surface area contributed by atoms with Gasteiger partial charge in [-0.25, -0.2) is 0 Å². The van der Waals surface area contributed by atoms with Gasteiger partial charge in [-0.3, -0.25) is 9.78 Å². The third-order valence-electron chi connectivity index (χ3n) is 3.26. The molecule has 0 saturated carbocycles. The smallest absolute Gasteiger partial charge is 0.137 e. The molecule has 0 saturated heterocycles. The van der Waals surface area contributed by atoms with E-state index in [1.165, 1.54) is 16.7 Å². The van der Waals surface area contributed by atoms with Crippen molar-refractivity contribution in [2.24, 2.45) is 0 Å². The number of aromatic nitrogens is 1. The second kappa shape index (κ2) is 4.13. The molecule has 1 aliphatic rings. The Morgan fingerprint density at radius 3 is 2.76 bits per heavy atom. The van der Waals surface area contributed by atoms with Crippen LogP contribution in [-0.2, 0) is 17.6 Å². The fraction of sp³-hybridized carbons (Fsp3) is 0.200. The molecule has 17 heavy (non-hydrogen) atoms. The summed E-state index contributed by atoms with van der Waals surface area (Å²) in [6.07, 6.45) is 3.90. The van der Waals surface area contributed by atoms with Crippen molar-refractivity contribution in [3.05, 3.63) is 53.7 Å². The molecule has 0 N–H and O–H groups in total. The van der Waals surface area contributed by atoms with E-state index in [2.05, 4.69) is 17.1 Å². The van der Waals surface area contributed by atoms with Gasteiger partial charge in [-0.1, -0.05) is 24.3 Å². The number of ketones is 1. The van der Waals surface area contributed by atoms with Crippen molar-refractivity contribution < 1.29 is 4.79 Å². The summed E-state index contributed by atoms with van der Waals surface area (Å²) < 4.78 is 0. The van der Waals surface area contributed by atoms with Crippen LogP contribution >= 0.6 is 0 Å². The second-order valence-corrected chi connectivity index (χ2v) is 4.37. The molecule has 0 radical (unpaired) electrons. The molecule has 0 spiro atoms. The van der Waals surface area contributed by atoms with Gasteiger partial charge in [0.05, 0.1) is 5.69 Å². The molecule has 2 aromatic rings. The number of fused-ring (bicyclic) bond motifs is 1. The lowest BCUT2D eigenvalue weighted by Crippen LogP contribution is -2.14. The van der Waals surface area contributed by atoms with Crippen LogP contribution in [-0.4, -0.2) is 10.8 Å². The number of carbonyl (C=O) groups excluding carboxylic acids is 1. The van der Waals surface area contributed by atoms with E-state index in [-0.39, 0.29) is 0 Å². The standard InChI is InChI=1S/C15H13NO/c17-12-7-8-13-11(10-12)4-3-5-14(13)15-6-1-2-9-16-15/h1-6,9H,7-8,10H2. The highest BCUT2D eigenvalue weighted by Gasteiger charge is 2.18. The molecule has 0 atom stereocenters. The Labute approximate surface area is 100 Å². The number of benzene rings is 1. The highest BCUT2D eigenvalue weighted by atomic mass is 16.1. The molecule has 0 fully saturated rings. The maximum atomic E-state index is 11.5. The zero-order valence-corrected chi connectivity index (χ0v) is 9.52. The maximum absolute atomic E-state index is 11.5. The second-order valence-electron chi connectivity index (χ2n) is 4.37. The van der Waals surface area contributed by atoms with Crippen LogP contribution in [0.4, 0.5) is 0 Å². The number of Topliss-reactive ketones (excluding diaryl/α,β-unsaturated/α-hetero) is 1. The van der Waals surface area contributed by atoms with E-state index in [9.17, 15) is 4.79 Å². The van der Waals surface area contributed by atoms with E-state index in [1.54, 1.807) is 0 Å². The van der Waals surface area contributed by atoms with E-state index < -0.39 is 0 Å². The molecule has 1 aromatic carbocycles. The van der Waals surface area contributed by atoms with Gasteiger partial charge in [-0.2, -0.15) is 0 Å². The molecule has 3 rings (SSSR count). The lowest BCUT2D eigenvalue weighted by Gasteiger charge is -2.18. The summed E-state index contributed by atoms with van der Waals surface area (Å²) in [6, 6.07) is 12.1. The predicted molar refractivity (Wildman–Crippen MR) is 66.7 cm³/mol. The SMILES string of the molecule is O=C1CCc2c(cccc2-c2ccccn2)C1. The minimum atomic E-state index is 0.343. The predicted octanol–water partition coefficient (Wildman–Crippen LogP) is 2.81. The third kappa shape index (κ3) is 1.86. The molecule has 0 bridgehead atoms. The zero-order chi connectivity index (χ0) is 11.7. The van der Waals surface area contributed by atoms with Crippen molar-refractivity contribution >= 4 is 5.78 Å². The molecule has 2 nitrogen and oxygen atoms in total. The first-order chi connectivity index (χ1) is 8.34. The summed E-state index contributed by atoms with van der Waals surface area (Å²) in [7, 11) is 0. The maximum Gasteiger partial charge on any atom is 0.137 e. The highest BCUT2D eigenvalue weighted by molar-refractivity contribution is 5.85. The van der Waals surface area contributed by atoms with Crippen molar-refractivity contribution in [2.75, 3.05) is 0 Å². The molecule has 0 unspecified atom stereocenters. The van der Waals surface area contributed by atoms with E-state index in [0.717, 1.165) is 12.1 Å². The first kappa shape index (κ1) is 10.2. The average Bonchev–Trinajstić information content (AvgIpc) is 2.39. The number of rotatable bonds is 1. The molecule has 2 heteroatoms. The van der Waals surface area contributed by atoms with E-state index in [1.807, 2.05) is 30.5 Å². The van der Waals surface area contributed by atoms with Gasteiger partial charge >= 0.3 is 0 Å². The van der Waals surface area contributed by atoms with Crippen LogP contribution in [0.25, 0.3) is 11.3 Å². The molecular formula is C15H13NO. The van der Waals surface area contributed by atoms with Gasteiger partial charge < -0.3 is 0 Å². The first-order valence-corrected chi connectivity index (χ1v) is 5.88. The summed E-state index contributed by atoms with van der Waals surface area (Å²) in [5.74, 6) is 0.343. The topological polar surface area (TPSA) is 30.0 Å². The van der Waals surface area contributed by atoms with Crippen LogP contribution in [0, 0.1) is 0 Å². The van der Waals surface area contributed by atoms with Gasteiger partial charge in [0, 0.05) is 24.6 Å². The van der Waals surface area contributed by atoms with Crippen molar-refractivity contribution in [1.82, 2.24) is 4.98 Å². The molecule has 0 amide bonds. The van der Waals surface area contributed by atoms with Gasteiger partial charge in [0.15, 0.2) is 0 Å². The molecule has 0 aliphatic heterocycles. The van der Waals surface area contributed by atoms with Crippen LogP contribution in [0.15, 0.2) is 42.6 Å². The number of carbonyl (C=O) groups is 1. The van der Waals surface area contributed by atoms with Gasteiger partial charge in [0.2, 0.25) is 0 Å². The lowest BCUT2D eigenvalue weighted by molar-refractivity contribution is -0.118. The molecule has 1 aliphatic carbocycles. The number of pyridine rings is 1. The largest absolute Gasteiger partial charge is 0.299 e. The summed E-state index contributed by atoms with van der Waals surface area (Å²) in [6.45, 7) is 0. The first-order valence-electron chi connectivity index (χ1n) is 5.88. The molecule has 1 heterocycles. The summed E-state index contributed by atoms with van der Waals surface area (Å²) in [5, 5.41) is 0. The minimum absolute atomic E-state index is 0.343. The van der Waals surface area contributed by atoms with Gasteiger partial charge in [-0.05, 0) is 29.7 Å². The Bertz CT molecular complexity index is 560. The van der Waals surface area contributed by atoms with E-state index in [4.69, 9.17) is 0 Å². The summed E-state index contributed by atoms with van der Waals surface area (Å²) >= 11 is 0. The lowest BCUT2D eigenvalue weighted by atomic mass is 9.86. The Balaban J connectivity index is 2.13. The number of hydrogen-bond donors (Lipinski definition) is 0. The third-order valence-corrected chi connectivity index (χ3v) is 3.26. The van der Waals surface area contributed by atoms with Crippen molar-refractivity contribution in [1.29, 1.82) is 0 Å².